The number of hydrogen-bond acceptors (Lipinski definition) is 3. The normalized spacial score (nSPS) is 13.7. The van der Waals surface area contributed by atoms with Gasteiger partial charge in [0.15, 0.2) is 0 Å². The molecular weight excluding hydrogens is 342 g/mol. The van der Waals surface area contributed by atoms with Crippen molar-refractivity contribution in [1.82, 2.24) is 5.32 Å². The van der Waals surface area contributed by atoms with E-state index in [1.54, 1.807) is 0 Å². The van der Waals surface area contributed by atoms with Crippen molar-refractivity contribution < 1.29 is 19.4 Å². The van der Waals surface area contributed by atoms with Crippen LogP contribution in [0.1, 0.15) is 43.7 Å². The van der Waals surface area contributed by atoms with E-state index in [-0.39, 0.29) is 18.4 Å². The number of alkyl carbamates (subject to hydrolysis) is 1. The lowest BCUT2D eigenvalue weighted by atomic mass is 9.94. The Morgan fingerprint density at radius 3 is 2.11 bits per heavy atom. The van der Waals surface area contributed by atoms with Gasteiger partial charge in [0, 0.05) is 5.92 Å². The number of fused-ring (bicyclic) bond motifs is 3. The van der Waals surface area contributed by atoms with E-state index in [9.17, 15) is 14.7 Å². The van der Waals surface area contributed by atoms with Gasteiger partial charge in [0.1, 0.15) is 6.04 Å². The second kappa shape index (κ2) is 8.25. The number of hydrogen-bond donors (Lipinski definition) is 2. The van der Waals surface area contributed by atoms with Crippen LogP contribution in [0.5, 0.6) is 0 Å². The number of carboxylic acids is 1. The molecule has 1 atom stereocenters. The molecule has 0 saturated heterocycles. The number of carbonyl (C=O) groups is 2. The molecular formula is C22H25NO4. The number of rotatable bonds is 7. The SMILES string of the molecule is CC(C)C[C@H](NC(=O)OCCC1c2ccccc2-c2ccccc21)C(=O)O. The fraction of sp³-hybridized carbons (Fsp3) is 0.364. The van der Waals surface area contributed by atoms with Crippen LogP contribution in [0.3, 0.4) is 0 Å². The van der Waals surface area contributed by atoms with Gasteiger partial charge in [0.05, 0.1) is 6.61 Å². The topological polar surface area (TPSA) is 75.6 Å². The van der Waals surface area contributed by atoms with Crippen LogP contribution in [0.25, 0.3) is 11.1 Å². The molecule has 0 fully saturated rings. The fourth-order valence-electron chi connectivity index (χ4n) is 3.72. The van der Waals surface area contributed by atoms with Crippen LogP contribution in [-0.4, -0.2) is 29.8 Å². The van der Waals surface area contributed by atoms with Crippen LogP contribution in [0.15, 0.2) is 48.5 Å². The number of ether oxygens (including phenoxy) is 1. The Morgan fingerprint density at radius 1 is 1.04 bits per heavy atom. The predicted molar refractivity (Wildman–Crippen MR) is 104 cm³/mol. The maximum absolute atomic E-state index is 12.0. The van der Waals surface area contributed by atoms with Crippen LogP contribution in [-0.2, 0) is 9.53 Å². The zero-order chi connectivity index (χ0) is 19.4. The summed E-state index contributed by atoms with van der Waals surface area (Å²) in [5, 5.41) is 11.7. The Hall–Kier alpha value is -2.82. The summed E-state index contributed by atoms with van der Waals surface area (Å²) in [7, 11) is 0. The average Bonchev–Trinajstić information content (AvgIpc) is 2.95. The maximum Gasteiger partial charge on any atom is 0.407 e. The Bertz CT molecular complexity index is 785. The van der Waals surface area contributed by atoms with Crippen molar-refractivity contribution >= 4 is 12.1 Å². The minimum absolute atomic E-state index is 0.165. The second-order valence-electron chi connectivity index (χ2n) is 7.32. The summed E-state index contributed by atoms with van der Waals surface area (Å²) < 4.78 is 5.28. The third-order valence-corrected chi connectivity index (χ3v) is 4.90. The Balaban J connectivity index is 1.61. The van der Waals surface area contributed by atoms with E-state index in [1.807, 2.05) is 38.1 Å². The quantitative estimate of drug-likeness (QED) is 0.760. The molecule has 1 aliphatic rings. The van der Waals surface area contributed by atoms with E-state index in [2.05, 4.69) is 29.6 Å². The van der Waals surface area contributed by atoms with Crippen molar-refractivity contribution in [2.24, 2.45) is 5.92 Å². The maximum atomic E-state index is 12.0. The molecule has 142 valence electrons. The molecule has 1 amide bonds. The molecule has 0 unspecified atom stereocenters. The lowest BCUT2D eigenvalue weighted by Crippen LogP contribution is -2.42. The standard InChI is InChI=1S/C22H25NO4/c1-14(2)13-20(21(24)25)23-22(26)27-12-11-19-17-9-5-3-7-15(17)16-8-4-6-10-18(16)19/h3-10,14,19-20H,11-13H2,1-2H3,(H,23,26)(H,24,25)/t20-/m0/s1. The highest BCUT2D eigenvalue weighted by atomic mass is 16.5. The number of nitrogens with one attached hydrogen (secondary N) is 1. The highest BCUT2D eigenvalue weighted by Crippen LogP contribution is 2.45. The van der Waals surface area contributed by atoms with E-state index in [1.165, 1.54) is 22.3 Å². The van der Waals surface area contributed by atoms with Crippen molar-refractivity contribution in [2.45, 2.75) is 38.6 Å². The van der Waals surface area contributed by atoms with Gasteiger partial charge in [-0.15, -0.1) is 0 Å². The summed E-state index contributed by atoms with van der Waals surface area (Å²) in [6, 6.07) is 15.6. The van der Waals surface area contributed by atoms with Gasteiger partial charge in [-0.05, 0) is 41.0 Å². The monoisotopic (exact) mass is 367 g/mol. The van der Waals surface area contributed by atoms with Crippen LogP contribution in [0.2, 0.25) is 0 Å². The van der Waals surface area contributed by atoms with Crippen LogP contribution < -0.4 is 5.32 Å². The van der Waals surface area contributed by atoms with Gasteiger partial charge in [0.25, 0.3) is 0 Å². The molecule has 27 heavy (non-hydrogen) atoms. The molecule has 0 heterocycles. The van der Waals surface area contributed by atoms with Crippen molar-refractivity contribution in [3.63, 3.8) is 0 Å². The number of benzene rings is 2. The third kappa shape index (κ3) is 4.30. The summed E-state index contributed by atoms with van der Waals surface area (Å²) in [6.45, 7) is 4.06. The van der Waals surface area contributed by atoms with E-state index >= 15 is 0 Å². The summed E-state index contributed by atoms with van der Waals surface area (Å²) in [5.74, 6) is -0.701. The Morgan fingerprint density at radius 2 is 1.59 bits per heavy atom. The van der Waals surface area contributed by atoms with Crippen LogP contribution in [0, 0.1) is 5.92 Å². The van der Waals surface area contributed by atoms with Gasteiger partial charge in [-0.3, -0.25) is 0 Å². The largest absolute Gasteiger partial charge is 0.480 e. The molecule has 0 radical (unpaired) electrons. The third-order valence-electron chi connectivity index (χ3n) is 4.90. The first-order valence-corrected chi connectivity index (χ1v) is 9.31. The first kappa shape index (κ1) is 19.0. The average molecular weight is 367 g/mol. The summed E-state index contributed by atoms with van der Waals surface area (Å²) in [5.41, 5.74) is 4.94. The molecule has 2 aromatic rings. The summed E-state index contributed by atoms with van der Waals surface area (Å²) in [4.78, 5) is 23.3. The molecule has 0 saturated carbocycles. The van der Waals surface area contributed by atoms with Gasteiger partial charge >= 0.3 is 12.1 Å². The highest BCUT2D eigenvalue weighted by Gasteiger charge is 2.28. The number of carboxylic acid groups (broad SMARTS) is 1. The van der Waals surface area contributed by atoms with Crippen molar-refractivity contribution in [3.05, 3.63) is 59.7 Å². The summed E-state index contributed by atoms with van der Waals surface area (Å²) in [6.07, 6.45) is 0.347. The fourth-order valence-corrected chi connectivity index (χ4v) is 3.72. The van der Waals surface area contributed by atoms with E-state index in [4.69, 9.17) is 4.74 Å². The number of amides is 1. The number of carbonyl (C=O) groups excluding carboxylic acids is 1. The van der Waals surface area contributed by atoms with Gasteiger partial charge in [-0.25, -0.2) is 9.59 Å². The second-order valence-corrected chi connectivity index (χ2v) is 7.32. The smallest absolute Gasteiger partial charge is 0.407 e. The zero-order valence-electron chi connectivity index (χ0n) is 15.6. The van der Waals surface area contributed by atoms with Crippen molar-refractivity contribution in [3.8, 4) is 11.1 Å². The van der Waals surface area contributed by atoms with E-state index in [0.717, 1.165) is 0 Å². The van der Waals surface area contributed by atoms with Crippen LogP contribution in [0.4, 0.5) is 4.79 Å². The van der Waals surface area contributed by atoms with Crippen LogP contribution >= 0.6 is 0 Å². The molecule has 5 nitrogen and oxygen atoms in total. The molecule has 5 heteroatoms. The van der Waals surface area contributed by atoms with Gasteiger partial charge in [-0.1, -0.05) is 62.4 Å². The first-order valence-electron chi connectivity index (χ1n) is 9.31. The first-order chi connectivity index (χ1) is 13.0. The van der Waals surface area contributed by atoms with Crippen molar-refractivity contribution in [1.29, 1.82) is 0 Å². The minimum Gasteiger partial charge on any atom is -0.480 e. The zero-order valence-corrected chi connectivity index (χ0v) is 15.6. The lowest BCUT2D eigenvalue weighted by Gasteiger charge is -2.17. The molecule has 0 spiro atoms. The Kier molecular flexibility index (Phi) is 5.79. The van der Waals surface area contributed by atoms with E-state index < -0.39 is 18.1 Å². The molecule has 0 bridgehead atoms. The Labute approximate surface area is 159 Å². The lowest BCUT2D eigenvalue weighted by molar-refractivity contribution is -0.139. The molecule has 0 aliphatic heterocycles. The predicted octanol–water partition coefficient (Wildman–Crippen LogP) is 4.41. The number of aliphatic carboxylic acids is 1. The van der Waals surface area contributed by atoms with Gasteiger partial charge in [-0.2, -0.15) is 0 Å². The molecule has 3 rings (SSSR count). The highest BCUT2D eigenvalue weighted by molar-refractivity contribution is 5.80. The molecule has 0 aromatic heterocycles. The van der Waals surface area contributed by atoms with Gasteiger partial charge in [0.2, 0.25) is 0 Å². The molecule has 1 aliphatic carbocycles. The molecule has 2 aromatic carbocycles. The van der Waals surface area contributed by atoms with E-state index in [0.29, 0.717) is 12.8 Å². The van der Waals surface area contributed by atoms with Gasteiger partial charge < -0.3 is 15.2 Å². The van der Waals surface area contributed by atoms with Crippen molar-refractivity contribution in [2.75, 3.05) is 6.61 Å². The minimum atomic E-state index is -1.04. The summed E-state index contributed by atoms with van der Waals surface area (Å²) >= 11 is 0. The molecule has 2 N–H and O–H groups in total.